The van der Waals surface area contributed by atoms with Crippen LogP contribution in [-0.4, -0.2) is 99.6 Å². The van der Waals surface area contributed by atoms with Crippen molar-refractivity contribution in [2.24, 2.45) is 5.92 Å². The van der Waals surface area contributed by atoms with E-state index in [-0.39, 0.29) is 17.9 Å². The molecule has 2 saturated heterocycles. The molecule has 1 N–H and O–H groups in total. The number of rotatable bonds is 10. The first-order valence-corrected chi connectivity index (χ1v) is 19.0. The van der Waals surface area contributed by atoms with Crippen molar-refractivity contribution in [1.29, 1.82) is 0 Å². The van der Waals surface area contributed by atoms with E-state index in [0.717, 1.165) is 18.8 Å². The van der Waals surface area contributed by atoms with Crippen molar-refractivity contribution in [3.8, 4) is 0 Å². The molecule has 1 unspecified atom stereocenters. The van der Waals surface area contributed by atoms with Gasteiger partial charge in [0.15, 0.2) is 5.37 Å². The molecule has 0 aromatic heterocycles. The molecule has 10 heteroatoms. The van der Waals surface area contributed by atoms with Crippen molar-refractivity contribution >= 4 is 41.4 Å². The van der Waals surface area contributed by atoms with Gasteiger partial charge in [0, 0.05) is 44.2 Å². The maximum absolute atomic E-state index is 14.1. The van der Waals surface area contributed by atoms with Gasteiger partial charge in [0.2, 0.25) is 5.91 Å². The number of piperazine rings is 1. The molecule has 250 valence electrons. The number of benzene rings is 2. The molecule has 0 spiro atoms. The summed E-state index contributed by atoms with van der Waals surface area (Å²) < 4.78 is 5.58. The summed E-state index contributed by atoms with van der Waals surface area (Å²) in [6, 6.07) is 20.6. The van der Waals surface area contributed by atoms with E-state index in [9.17, 15) is 14.4 Å². The summed E-state index contributed by atoms with van der Waals surface area (Å²) in [6.45, 7) is 8.57. The fraction of sp³-hybridized carbons (Fsp3) is 0.583. The molecule has 2 heterocycles. The molecule has 1 saturated carbocycles. The van der Waals surface area contributed by atoms with Gasteiger partial charge in [-0.25, -0.2) is 4.79 Å². The van der Waals surface area contributed by atoms with E-state index < -0.39 is 23.1 Å². The summed E-state index contributed by atoms with van der Waals surface area (Å²) in [5.41, 5.74) is 1.82. The number of carbonyl (C=O) groups excluding carboxylic acids is 3. The van der Waals surface area contributed by atoms with Gasteiger partial charge < -0.3 is 15.0 Å². The highest BCUT2D eigenvalue weighted by atomic mass is 32.2. The number of thioether (sulfide) groups is 2. The van der Waals surface area contributed by atoms with Gasteiger partial charge in [-0.1, -0.05) is 79.9 Å². The lowest BCUT2D eigenvalue weighted by atomic mass is 9.91. The van der Waals surface area contributed by atoms with Crippen molar-refractivity contribution in [2.45, 2.75) is 75.9 Å². The number of nitrogens with one attached hydrogen (secondary N) is 1. The van der Waals surface area contributed by atoms with Crippen LogP contribution in [0.4, 0.5) is 4.79 Å². The van der Waals surface area contributed by atoms with Crippen molar-refractivity contribution in [3.05, 3.63) is 71.8 Å². The third-order valence-electron chi connectivity index (χ3n) is 8.94. The zero-order chi connectivity index (χ0) is 32.5. The van der Waals surface area contributed by atoms with Crippen LogP contribution >= 0.6 is 23.5 Å². The molecule has 2 aliphatic heterocycles. The van der Waals surface area contributed by atoms with Crippen LogP contribution in [0.5, 0.6) is 0 Å². The van der Waals surface area contributed by atoms with E-state index in [4.69, 9.17) is 4.74 Å². The Bertz CT molecular complexity index is 1240. The minimum atomic E-state index is -0.706. The molecule has 0 radical (unpaired) electrons. The molecule has 2 aromatic carbocycles. The summed E-state index contributed by atoms with van der Waals surface area (Å²) in [7, 11) is 0. The number of carbonyl (C=O) groups is 3. The molecule has 8 nitrogen and oxygen atoms in total. The topological polar surface area (TPSA) is 82.2 Å². The standard InChI is InChI=1S/C36H50N4O4S2/c1-36(2,3)44-35(43)40-23-24-46-34(40)32(41)37-30(26-45-25-27-13-7-4-8-14-27)33(42)39-21-19-38(20-22-39)31(28-15-9-5-10-16-28)29-17-11-6-12-18-29/h5-6,9-12,15-18,27,30-31,34H,4,7-8,13-14,19-26H2,1-3H3,(H,37,41)/t30-,34?/m0/s1. The first kappa shape index (κ1) is 34.6. The zero-order valence-electron chi connectivity index (χ0n) is 27.6. The van der Waals surface area contributed by atoms with Crippen LogP contribution < -0.4 is 5.32 Å². The first-order valence-electron chi connectivity index (χ1n) is 16.8. The average Bonchev–Trinajstić information content (AvgIpc) is 3.56. The summed E-state index contributed by atoms with van der Waals surface area (Å²) in [4.78, 5) is 46.6. The third kappa shape index (κ3) is 9.44. The van der Waals surface area contributed by atoms with Crippen LogP contribution in [0.15, 0.2) is 60.7 Å². The Labute approximate surface area is 283 Å². The van der Waals surface area contributed by atoms with Gasteiger partial charge in [0.1, 0.15) is 11.6 Å². The van der Waals surface area contributed by atoms with Gasteiger partial charge in [-0.2, -0.15) is 11.8 Å². The fourth-order valence-corrected chi connectivity index (χ4v) is 9.00. The highest BCUT2D eigenvalue weighted by Gasteiger charge is 2.40. The lowest BCUT2D eigenvalue weighted by Crippen LogP contribution is -2.58. The van der Waals surface area contributed by atoms with E-state index in [0.29, 0.717) is 37.1 Å². The van der Waals surface area contributed by atoms with E-state index in [1.165, 1.54) is 59.9 Å². The number of ether oxygens (including phenoxy) is 1. The Morgan fingerprint density at radius 2 is 1.50 bits per heavy atom. The molecule has 3 amide bonds. The maximum atomic E-state index is 14.1. The summed E-state index contributed by atoms with van der Waals surface area (Å²) in [6.07, 6.45) is 5.87. The Hall–Kier alpha value is -2.69. The molecule has 46 heavy (non-hydrogen) atoms. The highest BCUT2D eigenvalue weighted by Crippen LogP contribution is 2.31. The van der Waals surface area contributed by atoms with Crippen LogP contribution in [0.1, 0.15) is 70.0 Å². The molecule has 2 atom stereocenters. The highest BCUT2D eigenvalue weighted by molar-refractivity contribution is 8.00. The second kappa shape index (κ2) is 16.4. The predicted octanol–water partition coefficient (Wildman–Crippen LogP) is 6.03. The first-order chi connectivity index (χ1) is 22.2. The van der Waals surface area contributed by atoms with E-state index in [2.05, 4.69) is 58.7 Å². The molecular weight excluding hydrogens is 617 g/mol. The van der Waals surface area contributed by atoms with Crippen LogP contribution in [0.2, 0.25) is 0 Å². The quantitative estimate of drug-likeness (QED) is 0.332. The Balaban J connectivity index is 1.25. The van der Waals surface area contributed by atoms with Gasteiger partial charge in [0.25, 0.3) is 5.91 Å². The van der Waals surface area contributed by atoms with Gasteiger partial charge in [-0.15, -0.1) is 11.8 Å². The van der Waals surface area contributed by atoms with Crippen molar-refractivity contribution < 1.29 is 19.1 Å². The Morgan fingerprint density at radius 3 is 2.09 bits per heavy atom. The van der Waals surface area contributed by atoms with Crippen molar-refractivity contribution in [1.82, 2.24) is 20.0 Å². The van der Waals surface area contributed by atoms with Crippen molar-refractivity contribution in [2.75, 3.05) is 50.0 Å². The second-order valence-electron chi connectivity index (χ2n) is 13.6. The predicted molar refractivity (Wildman–Crippen MR) is 188 cm³/mol. The second-order valence-corrected chi connectivity index (χ2v) is 15.8. The third-order valence-corrected chi connectivity index (χ3v) is 11.4. The lowest BCUT2D eigenvalue weighted by molar-refractivity contribution is -0.137. The van der Waals surface area contributed by atoms with E-state index >= 15 is 0 Å². The van der Waals surface area contributed by atoms with E-state index in [1.54, 1.807) is 11.8 Å². The molecule has 1 aliphatic carbocycles. The largest absolute Gasteiger partial charge is 0.444 e. The van der Waals surface area contributed by atoms with Gasteiger partial charge in [-0.3, -0.25) is 19.4 Å². The molecule has 3 aliphatic rings. The Morgan fingerprint density at radius 1 is 0.891 bits per heavy atom. The van der Waals surface area contributed by atoms with Gasteiger partial charge in [0.05, 0.1) is 6.04 Å². The summed E-state index contributed by atoms with van der Waals surface area (Å²) in [5, 5.41) is 2.39. The number of hydrogen-bond acceptors (Lipinski definition) is 7. The fourth-order valence-electron chi connectivity index (χ4n) is 6.62. The summed E-state index contributed by atoms with van der Waals surface area (Å²) >= 11 is 3.20. The minimum Gasteiger partial charge on any atom is -0.444 e. The van der Waals surface area contributed by atoms with Crippen LogP contribution in [-0.2, 0) is 14.3 Å². The Kier molecular flexibility index (Phi) is 12.4. The SMILES string of the molecule is CC(C)(C)OC(=O)N1CCSC1C(=O)N[C@@H](CSCC1CCCCC1)C(=O)N1CCN(C(c2ccccc2)c2ccccc2)CC1. The van der Waals surface area contributed by atoms with Crippen LogP contribution in [0.25, 0.3) is 0 Å². The smallest absolute Gasteiger partial charge is 0.411 e. The number of hydrogen-bond donors (Lipinski definition) is 1. The lowest BCUT2D eigenvalue weighted by Gasteiger charge is -2.41. The molecule has 2 aromatic rings. The van der Waals surface area contributed by atoms with Crippen LogP contribution in [0, 0.1) is 5.92 Å². The molecule has 0 bridgehead atoms. The minimum absolute atomic E-state index is 0.0352. The van der Waals surface area contributed by atoms with E-state index in [1.807, 2.05) is 37.8 Å². The maximum Gasteiger partial charge on any atom is 0.411 e. The van der Waals surface area contributed by atoms with Gasteiger partial charge >= 0.3 is 6.09 Å². The molecule has 3 fully saturated rings. The van der Waals surface area contributed by atoms with Gasteiger partial charge in [-0.05, 0) is 56.4 Å². The molecular formula is C36H50N4O4S2. The number of nitrogens with zero attached hydrogens (tertiary/aromatic N) is 3. The molecule has 5 rings (SSSR count). The summed E-state index contributed by atoms with van der Waals surface area (Å²) in [5.74, 6) is 2.53. The van der Waals surface area contributed by atoms with Crippen LogP contribution in [0.3, 0.4) is 0 Å². The monoisotopic (exact) mass is 666 g/mol. The average molecular weight is 667 g/mol. The number of amides is 3. The normalized spacial score (nSPS) is 20.5. The zero-order valence-corrected chi connectivity index (χ0v) is 29.2. The van der Waals surface area contributed by atoms with Crippen molar-refractivity contribution in [3.63, 3.8) is 0 Å².